The summed E-state index contributed by atoms with van der Waals surface area (Å²) in [7, 11) is 1.67. The Morgan fingerprint density at radius 3 is 2.57 bits per heavy atom. The van der Waals surface area contributed by atoms with Crippen LogP contribution in [0.2, 0.25) is 0 Å². The second-order valence-corrected chi connectivity index (χ2v) is 5.53. The Hall–Kier alpha value is -2.82. The Bertz CT molecular complexity index is 793. The minimum absolute atomic E-state index is 0.682. The fourth-order valence-electron chi connectivity index (χ4n) is 2.37. The first kappa shape index (κ1) is 15.1. The van der Waals surface area contributed by atoms with Crippen LogP contribution in [0.1, 0.15) is 17.0 Å². The fourth-order valence-corrected chi connectivity index (χ4v) is 2.37. The Kier molecular flexibility index (Phi) is 4.28. The first-order valence-electron chi connectivity index (χ1n) is 7.56. The van der Waals surface area contributed by atoms with Gasteiger partial charge in [-0.1, -0.05) is 24.3 Å². The third kappa shape index (κ3) is 3.51. The number of hydrogen-bond donors (Lipinski definition) is 2. The molecule has 0 atom stereocenters. The zero-order valence-corrected chi connectivity index (χ0v) is 13.3. The van der Waals surface area contributed by atoms with Gasteiger partial charge in [0.1, 0.15) is 11.6 Å². The van der Waals surface area contributed by atoms with Gasteiger partial charge >= 0.3 is 0 Å². The summed E-state index contributed by atoms with van der Waals surface area (Å²) in [5.74, 6) is 2.42. The van der Waals surface area contributed by atoms with Gasteiger partial charge in [-0.25, -0.2) is 4.98 Å². The number of nitrogens with one attached hydrogen (secondary N) is 1. The number of ether oxygens (including phenoxy) is 1. The van der Waals surface area contributed by atoms with Crippen LogP contribution in [0, 0.1) is 6.92 Å². The van der Waals surface area contributed by atoms with E-state index < -0.39 is 0 Å². The van der Waals surface area contributed by atoms with Gasteiger partial charge in [0.2, 0.25) is 0 Å². The minimum atomic E-state index is 0.682. The highest BCUT2D eigenvalue weighted by Crippen LogP contribution is 2.21. The zero-order chi connectivity index (χ0) is 16.2. The van der Waals surface area contributed by atoms with Crippen LogP contribution in [-0.2, 0) is 12.8 Å². The summed E-state index contributed by atoms with van der Waals surface area (Å²) in [5, 5.41) is 7.29. The molecule has 0 unspecified atom stereocenters. The van der Waals surface area contributed by atoms with Crippen molar-refractivity contribution in [2.75, 3.05) is 12.8 Å². The lowest BCUT2D eigenvalue weighted by Crippen LogP contribution is -1.94. The predicted octanol–water partition coefficient (Wildman–Crippen LogP) is 3.16. The van der Waals surface area contributed by atoms with Crippen molar-refractivity contribution in [3.63, 3.8) is 0 Å². The van der Waals surface area contributed by atoms with Crippen LogP contribution in [0.3, 0.4) is 0 Å². The average Bonchev–Trinajstić information content (AvgIpc) is 3.05. The third-order valence-electron chi connectivity index (χ3n) is 3.88. The highest BCUT2D eigenvalue weighted by atomic mass is 16.5. The molecule has 3 N–H and O–H groups in total. The Labute approximate surface area is 135 Å². The number of hydrogen-bond acceptors (Lipinski definition) is 4. The molecule has 0 saturated heterocycles. The molecule has 3 rings (SSSR count). The fraction of sp³-hybridized carbons (Fsp3) is 0.222. The van der Waals surface area contributed by atoms with E-state index >= 15 is 0 Å². The molecule has 118 valence electrons. The van der Waals surface area contributed by atoms with Gasteiger partial charge in [0.25, 0.3) is 0 Å². The molecule has 3 aromatic rings. The number of methoxy groups -OCH3 is 1. The van der Waals surface area contributed by atoms with Crippen molar-refractivity contribution in [2.24, 2.45) is 0 Å². The SMILES string of the molecule is COc1ccc(CCc2nc(-c3ccc(C)c(N)c3)n[nH]2)cc1. The summed E-state index contributed by atoms with van der Waals surface area (Å²) in [4.78, 5) is 4.55. The molecule has 1 aromatic heterocycles. The molecular weight excluding hydrogens is 288 g/mol. The second kappa shape index (κ2) is 6.52. The van der Waals surface area contributed by atoms with E-state index in [1.54, 1.807) is 7.11 Å². The quantitative estimate of drug-likeness (QED) is 0.710. The molecule has 0 spiro atoms. The number of aryl methyl sites for hydroxylation is 3. The van der Waals surface area contributed by atoms with Crippen LogP contribution in [0.4, 0.5) is 5.69 Å². The van der Waals surface area contributed by atoms with E-state index in [2.05, 4.69) is 27.3 Å². The van der Waals surface area contributed by atoms with E-state index in [1.165, 1.54) is 5.56 Å². The molecule has 5 heteroatoms. The number of rotatable bonds is 5. The van der Waals surface area contributed by atoms with E-state index in [0.717, 1.165) is 41.2 Å². The normalized spacial score (nSPS) is 10.7. The van der Waals surface area contributed by atoms with Gasteiger partial charge < -0.3 is 10.5 Å². The van der Waals surface area contributed by atoms with E-state index in [4.69, 9.17) is 10.5 Å². The van der Waals surface area contributed by atoms with Crippen molar-refractivity contribution >= 4 is 5.69 Å². The Morgan fingerprint density at radius 2 is 1.87 bits per heavy atom. The third-order valence-corrected chi connectivity index (χ3v) is 3.88. The molecule has 0 saturated carbocycles. The highest BCUT2D eigenvalue weighted by molar-refractivity contribution is 5.63. The van der Waals surface area contributed by atoms with Crippen molar-refractivity contribution in [3.8, 4) is 17.1 Å². The molecule has 5 nitrogen and oxygen atoms in total. The molecule has 0 amide bonds. The van der Waals surface area contributed by atoms with Crippen molar-refractivity contribution < 1.29 is 4.74 Å². The topological polar surface area (TPSA) is 76.8 Å². The van der Waals surface area contributed by atoms with Gasteiger partial charge in [0, 0.05) is 17.7 Å². The molecule has 0 aliphatic rings. The van der Waals surface area contributed by atoms with Crippen molar-refractivity contribution in [3.05, 3.63) is 59.4 Å². The number of aromatic nitrogens is 3. The smallest absolute Gasteiger partial charge is 0.181 e. The van der Waals surface area contributed by atoms with Crippen LogP contribution < -0.4 is 10.5 Å². The van der Waals surface area contributed by atoms with Gasteiger partial charge in [0.05, 0.1) is 7.11 Å². The summed E-state index contributed by atoms with van der Waals surface area (Å²) >= 11 is 0. The number of benzene rings is 2. The van der Waals surface area contributed by atoms with E-state index in [1.807, 2.05) is 37.3 Å². The zero-order valence-electron chi connectivity index (χ0n) is 13.3. The maximum atomic E-state index is 5.95. The molecule has 23 heavy (non-hydrogen) atoms. The summed E-state index contributed by atoms with van der Waals surface area (Å²) < 4.78 is 5.16. The molecule has 1 heterocycles. The first-order valence-corrected chi connectivity index (χ1v) is 7.56. The first-order chi connectivity index (χ1) is 11.2. The van der Waals surface area contributed by atoms with Crippen LogP contribution >= 0.6 is 0 Å². The highest BCUT2D eigenvalue weighted by Gasteiger charge is 2.07. The monoisotopic (exact) mass is 308 g/mol. The Morgan fingerprint density at radius 1 is 1.09 bits per heavy atom. The number of H-pyrrole nitrogens is 1. The number of nitrogens with two attached hydrogens (primary N) is 1. The molecule has 0 fully saturated rings. The average molecular weight is 308 g/mol. The van der Waals surface area contributed by atoms with Crippen LogP contribution in [0.25, 0.3) is 11.4 Å². The summed E-state index contributed by atoms with van der Waals surface area (Å²) in [6.07, 6.45) is 1.70. The maximum absolute atomic E-state index is 5.95. The summed E-state index contributed by atoms with van der Waals surface area (Å²) in [6, 6.07) is 14.0. The van der Waals surface area contributed by atoms with Gasteiger partial charge in [-0.2, -0.15) is 5.10 Å². The molecule has 0 radical (unpaired) electrons. The van der Waals surface area contributed by atoms with E-state index in [-0.39, 0.29) is 0 Å². The van der Waals surface area contributed by atoms with Crippen molar-refractivity contribution in [2.45, 2.75) is 19.8 Å². The van der Waals surface area contributed by atoms with Crippen molar-refractivity contribution in [1.29, 1.82) is 0 Å². The standard InChI is InChI=1S/C18H20N4O/c1-12-3-7-14(11-16(12)19)18-20-17(21-22-18)10-6-13-4-8-15(23-2)9-5-13/h3-5,7-9,11H,6,10,19H2,1-2H3,(H,20,21,22). The molecule has 0 bridgehead atoms. The molecular formula is C18H20N4O. The lowest BCUT2D eigenvalue weighted by atomic mass is 10.1. The molecule has 2 aromatic carbocycles. The van der Waals surface area contributed by atoms with E-state index in [0.29, 0.717) is 5.82 Å². The number of nitrogens with zero attached hydrogens (tertiary/aromatic N) is 2. The lowest BCUT2D eigenvalue weighted by molar-refractivity contribution is 0.414. The molecule has 0 aliphatic heterocycles. The molecule has 0 aliphatic carbocycles. The largest absolute Gasteiger partial charge is 0.497 e. The second-order valence-electron chi connectivity index (χ2n) is 5.53. The van der Waals surface area contributed by atoms with Crippen LogP contribution in [0.5, 0.6) is 5.75 Å². The number of anilines is 1. The maximum Gasteiger partial charge on any atom is 0.181 e. The summed E-state index contributed by atoms with van der Waals surface area (Å²) in [6.45, 7) is 1.98. The van der Waals surface area contributed by atoms with Gasteiger partial charge in [-0.3, -0.25) is 5.10 Å². The van der Waals surface area contributed by atoms with Gasteiger partial charge in [-0.05, 0) is 42.7 Å². The van der Waals surface area contributed by atoms with Crippen LogP contribution in [0.15, 0.2) is 42.5 Å². The summed E-state index contributed by atoms with van der Waals surface area (Å²) in [5.41, 5.74) is 9.93. The predicted molar refractivity (Wildman–Crippen MR) is 91.4 cm³/mol. The van der Waals surface area contributed by atoms with Gasteiger partial charge in [0.15, 0.2) is 5.82 Å². The minimum Gasteiger partial charge on any atom is -0.497 e. The van der Waals surface area contributed by atoms with E-state index in [9.17, 15) is 0 Å². The van der Waals surface area contributed by atoms with Crippen molar-refractivity contribution in [1.82, 2.24) is 15.2 Å². The number of aromatic amines is 1. The van der Waals surface area contributed by atoms with Crippen LogP contribution in [-0.4, -0.2) is 22.3 Å². The van der Waals surface area contributed by atoms with Gasteiger partial charge in [-0.15, -0.1) is 0 Å². The number of nitrogen functional groups attached to an aromatic ring is 1. The lowest BCUT2D eigenvalue weighted by Gasteiger charge is -2.02. The Balaban J connectivity index is 1.67.